The lowest BCUT2D eigenvalue weighted by molar-refractivity contribution is 0.599. The highest BCUT2D eigenvalue weighted by Gasteiger charge is 2.49. The fraction of sp³-hybridized carbons (Fsp3) is 0.132. The Kier molecular flexibility index (Phi) is 8.82. The second kappa shape index (κ2) is 15.5. The van der Waals surface area contributed by atoms with Crippen molar-refractivity contribution in [1.29, 1.82) is 0 Å². The summed E-state index contributed by atoms with van der Waals surface area (Å²) in [6.07, 6.45) is 0. The first-order valence-electron chi connectivity index (χ1n) is 27.9. The summed E-state index contributed by atoms with van der Waals surface area (Å²) in [4.78, 5) is 0. The maximum Gasteiger partial charge on any atom is 0.144 e. The van der Waals surface area contributed by atoms with Crippen molar-refractivity contribution in [3.8, 4) is 55.6 Å². The van der Waals surface area contributed by atoms with Gasteiger partial charge in [-0.3, -0.25) is 0 Å². The van der Waals surface area contributed by atoms with Gasteiger partial charge in [0.05, 0.1) is 0 Å². The molecule has 3 aromatic heterocycles. The molecule has 3 heterocycles. The van der Waals surface area contributed by atoms with Crippen molar-refractivity contribution < 1.29 is 13.3 Å². The Morgan fingerprint density at radius 3 is 1.48 bits per heavy atom. The van der Waals surface area contributed by atoms with Crippen LogP contribution < -0.4 is 0 Å². The zero-order chi connectivity index (χ0) is 52.8. The van der Waals surface area contributed by atoms with Gasteiger partial charge in [0.25, 0.3) is 0 Å². The largest absolute Gasteiger partial charge is 0.456 e. The van der Waals surface area contributed by atoms with Crippen molar-refractivity contribution in [1.82, 2.24) is 0 Å². The number of furan rings is 3. The molecule has 0 bridgehead atoms. The van der Waals surface area contributed by atoms with E-state index in [0.29, 0.717) is 0 Å². The molecule has 0 spiro atoms. The molecule has 1 unspecified atom stereocenters. The lowest BCUT2D eigenvalue weighted by atomic mass is 9.71. The number of fused-ring (bicyclic) bond motifs is 22. The molecule has 0 radical (unpaired) electrons. The maximum absolute atomic E-state index is 7.12. The van der Waals surface area contributed by atoms with Gasteiger partial charge in [0.1, 0.15) is 33.5 Å². The molecule has 0 fully saturated rings. The molecule has 0 N–H and O–H groups in total. The van der Waals surface area contributed by atoms with Crippen LogP contribution >= 0.6 is 0 Å². The minimum Gasteiger partial charge on any atom is -0.456 e. The molecule has 0 amide bonds. The predicted molar refractivity (Wildman–Crippen MR) is 326 cm³/mol. The molecule has 17 rings (SSSR count). The first-order chi connectivity index (χ1) is 38.5. The standard InChI is InChI=1S/C76H54O3/c1-74(2)57-39-44(32-35-50(57)65-59(74)41-55(72-67(65)52-26-14-18-30-61(52)78-72)47-23-11-10-22-46(47)42-20-8-7-9-21-42)64(43-34-37-63-54(38-43)48-24-13-17-29-60(48)77-63)45-33-36-51-58(40-45)76(5,6)71-69(51)73-68(53-27-15-19-31-62(53)79-73)66-49-25-12-16-28-56(49)75(3,4)70(66)71/h7-41,64H,1-6H3. The smallest absolute Gasteiger partial charge is 0.144 e. The van der Waals surface area contributed by atoms with Gasteiger partial charge in [0, 0.05) is 65.6 Å². The van der Waals surface area contributed by atoms with Gasteiger partial charge in [-0.25, -0.2) is 0 Å². The Labute approximate surface area is 458 Å². The van der Waals surface area contributed by atoms with Gasteiger partial charge in [-0.1, -0.05) is 217 Å². The zero-order valence-electron chi connectivity index (χ0n) is 45.0. The van der Waals surface area contributed by atoms with Crippen LogP contribution in [0.3, 0.4) is 0 Å². The van der Waals surface area contributed by atoms with Crippen LogP contribution in [0.4, 0.5) is 0 Å². The van der Waals surface area contributed by atoms with E-state index in [1.165, 1.54) is 111 Å². The Morgan fingerprint density at radius 1 is 0.291 bits per heavy atom. The molecule has 79 heavy (non-hydrogen) atoms. The second-order valence-corrected chi connectivity index (χ2v) is 24.2. The van der Waals surface area contributed by atoms with Crippen molar-refractivity contribution in [2.75, 3.05) is 0 Å². The van der Waals surface area contributed by atoms with E-state index >= 15 is 0 Å². The summed E-state index contributed by atoms with van der Waals surface area (Å²) in [5, 5.41) is 6.97. The zero-order valence-corrected chi connectivity index (χ0v) is 45.0. The van der Waals surface area contributed by atoms with Crippen LogP contribution in [0.25, 0.3) is 121 Å². The van der Waals surface area contributed by atoms with Gasteiger partial charge in [0.2, 0.25) is 0 Å². The van der Waals surface area contributed by atoms with Crippen molar-refractivity contribution in [3.63, 3.8) is 0 Å². The van der Waals surface area contributed by atoms with Crippen molar-refractivity contribution in [3.05, 3.63) is 262 Å². The Balaban J connectivity index is 0.894. The van der Waals surface area contributed by atoms with Gasteiger partial charge < -0.3 is 13.3 Å². The maximum atomic E-state index is 7.12. The van der Waals surface area contributed by atoms with Crippen LogP contribution in [0.15, 0.2) is 226 Å². The molecule has 3 aliphatic carbocycles. The van der Waals surface area contributed by atoms with Crippen LogP contribution in [0.1, 0.15) is 97.5 Å². The molecule has 376 valence electrons. The minimum atomic E-state index is -0.358. The summed E-state index contributed by atoms with van der Waals surface area (Å²) < 4.78 is 20.6. The average molecular weight is 1020 g/mol. The fourth-order valence-electron chi connectivity index (χ4n) is 15.3. The number of rotatable bonds is 5. The molecule has 0 saturated heterocycles. The minimum absolute atomic E-state index is 0.117. The molecular weight excluding hydrogens is 961 g/mol. The Bertz CT molecular complexity index is 4990. The summed E-state index contributed by atoms with van der Waals surface area (Å²) in [5.74, 6) is -0.117. The summed E-state index contributed by atoms with van der Waals surface area (Å²) >= 11 is 0. The van der Waals surface area contributed by atoms with Crippen molar-refractivity contribution in [2.24, 2.45) is 0 Å². The van der Waals surface area contributed by atoms with Crippen LogP contribution in [0.2, 0.25) is 0 Å². The number of hydrogen-bond donors (Lipinski definition) is 0. The number of para-hydroxylation sites is 3. The van der Waals surface area contributed by atoms with Gasteiger partial charge in [-0.05, 0) is 131 Å². The topological polar surface area (TPSA) is 39.4 Å². The number of benzene rings is 11. The molecular formula is C76H54O3. The van der Waals surface area contributed by atoms with Gasteiger partial charge in [0.15, 0.2) is 0 Å². The molecule has 0 aliphatic heterocycles. The molecule has 14 aromatic rings. The summed E-state index contributed by atoms with van der Waals surface area (Å²) in [6.45, 7) is 14.6. The normalized spacial score (nSPS) is 15.5. The summed E-state index contributed by atoms with van der Waals surface area (Å²) in [6, 6.07) is 78.4. The SMILES string of the molecule is CC1(C)c2cc(C(c3ccc4c(c3)C(C)(C)c3c5c(c6c(oc7ccccc76)c3-4)-c3ccccc3C5(C)C)c3ccc4oc5ccccc5c4c3)ccc2-c2c1cc(-c1ccccc1-c1ccccc1)c1oc3ccccc3c21. The highest BCUT2D eigenvalue weighted by Crippen LogP contribution is 2.64. The highest BCUT2D eigenvalue weighted by atomic mass is 16.3. The second-order valence-electron chi connectivity index (χ2n) is 24.2. The lowest BCUT2D eigenvalue weighted by Gasteiger charge is -2.31. The van der Waals surface area contributed by atoms with E-state index in [1.807, 2.05) is 0 Å². The average Bonchev–Trinajstić information content (AvgIpc) is 3.17. The van der Waals surface area contributed by atoms with Crippen LogP contribution in [-0.4, -0.2) is 0 Å². The van der Waals surface area contributed by atoms with Crippen LogP contribution in [0, 0.1) is 0 Å². The first-order valence-corrected chi connectivity index (χ1v) is 27.9. The lowest BCUT2D eigenvalue weighted by Crippen LogP contribution is -2.24. The van der Waals surface area contributed by atoms with Gasteiger partial charge >= 0.3 is 0 Å². The van der Waals surface area contributed by atoms with E-state index in [2.05, 4.69) is 254 Å². The molecule has 3 heteroatoms. The Morgan fingerprint density at radius 2 is 0.772 bits per heavy atom. The van der Waals surface area contributed by atoms with Gasteiger partial charge in [-0.2, -0.15) is 0 Å². The summed E-state index contributed by atoms with van der Waals surface area (Å²) in [7, 11) is 0. The van der Waals surface area contributed by atoms with E-state index in [9.17, 15) is 0 Å². The number of hydrogen-bond acceptors (Lipinski definition) is 3. The third-order valence-corrected chi connectivity index (χ3v) is 18.9. The third-order valence-electron chi connectivity index (χ3n) is 18.9. The van der Waals surface area contributed by atoms with Gasteiger partial charge in [-0.15, -0.1) is 0 Å². The van der Waals surface area contributed by atoms with E-state index in [1.54, 1.807) is 0 Å². The van der Waals surface area contributed by atoms with E-state index in [-0.39, 0.29) is 22.2 Å². The van der Waals surface area contributed by atoms with E-state index in [0.717, 1.165) is 60.8 Å². The fourth-order valence-corrected chi connectivity index (χ4v) is 15.3. The summed E-state index contributed by atoms with van der Waals surface area (Å²) in [5.41, 5.74) is 28.8. The monoisotopic (exact) mass is 1010 g/mol. The van der Waals surface area contributed by atoms with E-state index < -0.39 is 0 Å². The van der Waals surface area contributed by atoms with E-state index in [4.69, 9.17) is 13.3 Å². The molecule has 0 saturated carbocycles. The molecule has 3 nitrogen and oxygen atoms in total. The first kappa shape index (κ1) is 44.9. The Hall–Kier alpha value is -9.18. The quantitative estimate of drug-likeness (QED) is 0.161. The highest BCUT2D eigenvalue weighted by molar-refractivity contribution is 6.22. The molecule has 11 aromatic carbocycles. The molecule has 1 atom stereocenters. The van der Waals surface area contributed by atoms with Crippen LogP contribution in [0.5, 0.6) is 0 Å². The third kappa shape index (κ3) is 5.87. The predicted octanol–water partition coefficient (Wildman–Crippen LogP) is 20.8. The van der Waals surface area contributed by atoms with Crippen molar-refractivity contribution >= 4 is 65.8 Å². The molecule has 3 aliphatic rings. The van der Waals surface area contributed by atoms with Crippen LogP contribution in [-0.2, 0) is 16.2 Å². The van der Waals surface area contributed by atoms with Crippen molar-refractivity contribution in [2.45, 2.75) is 63.7 Å².